The Bertz CT molecular complexity index is 983. The Hall–Kier alpha value is -2.36. The van der Waals surface area contributed by atoms with Crippen molar-refractivity contribution in [3.63, 3.8) is 0 Å². The lowest BCUT2D eigenvalue weighted by Gasteiger charge is -2.26. The highest BCUT2D eigenvalue weighted by Crippen LogP contribution is 2.30. The summed E-state index contributed by atoms with van der Waals surface area (Å²) < 4.78 is 5.41. The molecule has 1 aromatic carbocycles. The van der Waals surface area contributed by atoms with Crippen molar-refractivity contribution in [2.75, 3.05) is 43.1 Å². The van der Waals surface area contributed by atoms with E-state index in [9.17, 15) is 9.59 Å². The molecule has 2 amide bonds. The summed E-state index contributed by atoms with van der Waals surface area (Å²) in [5.74, 6) is 0.256. The molecule has 1 atom stereocenters. The smallest absolute Gasteiger partial charge is 0.231 e. The average molecular weight is 484 g/mol. The number of nitrogens with one attached hydrogen (secondary N) is 1. The molecule has 3 heterocycles. The van der Waals surface area contributed by atoms with Crippen LogP contribution in [0.1, 0.15) is 49.1 Å². The summed E-state index contributed by atoms with van der Waals surface area (Å²) in [5.41, 5.74) is 2.06. The van der Waals surface area contributed by atoms with E-state index in [1.54, 1.807) is 4.90 Å². The van der Waals surface area contributed by atoms with Crippen molar-refractivity contribution in [2.24, 2.45) is 11.8 Å². The molecule has 3 aliphatic rings. The zero-order valence-corrected chi connectivity index (χ0v) is 20.4. The Labute approximate surface area is 204 Å². The number of anilines is 2. The van der Waals surface area contributed by atoms with E-state index in [0.717, 1.165) is 62.3 Å². The van der Waals surface area contributed by atoms with Gasteiger partial charge in [-0.15, -0.1) is 10.2 Å². The number of benzene rings is 1. The maximum Gasteiger partial charge on any atom is 0.231 e. The second-order valence-electron chi connectivity index (χ2n) is 9.64. The van der Waals surface area contributed by atoms with E-state index in [-0.39, 0.29) is 24.2 Å². The molecule has 2 aromatic rings. The van der Waals surface area contributed by atoms with Gasteiger partial charge in [-0.2, -0.15) is 0 Å². The van der Waals surface area contributed by atoms with Crippen molar-refractivity contribution in [3.8, 4) is 0 Å². The molecule has 0 spiro atoms. The summed E-state index contributed by atoms with van der Waals surface area (Å²) in [4.78, 5) is 29.6. The first-order valence-electron chi connectivity index (χ1n) is 12.5. The Morgan fingerprint density at radius 2 is 1.88 bits per heavy atom. The van der Waals surface area contributed by atoms with Crippen LogP contribution in [0, 0.1) is 11.8 Å². The summed E-state index contributed by atoms with van der Waals surface area (Å²) in [7, 11) is 0. The number of rotatable bonds is 8. The molecule has 2 saturated heterocycles. The van der Waals surface area contributed by atoms with Gasteiger partial charge in [0.1, 0.15) is 5.01 Å². The van der Waals surface area contributed by atoms with Gasteiger partial charge in [0.15, 0.2) is 0 Å². The molecule has 8 nitrogen and oxygen atoms in total. The Morgan fingerprint density at radius 3 is 2.65 bits per heavy atom. The molecule has 2 aliphatic heterocycles. The summed E-state index contributed by atoms with van der Waals surface area (Å²) in [5, 5.41) is 12.8. The molecule has 34 heavy (non-hydrogen) atoms. The number of amides is 2. The lowest BCUT2D eigenvalue weighted by atomic mass is 10.0. The van der Waals surface area contributed by atoms with Crippen molar-refractivity contribution in [2.45, 2.75) is 51.5 Å². The minimum absolute atomic E-state index is 0.0180. The molecular weight excluding hydrogens is 450 g/mol. The number of nitrogens with zero attached hydrogens (tertiary/aromatic N) is 4. The number of carbonyl (C=O) groups is 2. The van der Waals surface area contributed by atoms with E-state index in [1.165, 1.54) is 42.6 Å². The van der Waals surface area contributed by atoms with Crippen LogP contribution in [0.4, 0.5) is 10.8 Å². The Balaban J connectivity index is 1.12. The van der Waals surface area contributed by atoms with Gasteiger partial charge in [-0.25, -0.2) is 0 Å². The summed E-state index contributed by atoms with van der Waals surface area (Å²) in [6.45, 7) is 4.72. The number of aromatic nitrogens is 2. The topological polar surface area (TPSA) is 87.7 Å². The van der Waals surface area contributed by atoms with Gasteiger partial charge < -0.3 is 15.0 Å². The molecule has 0 bridgehead atoms. The van der Waals surface area contributed by atoms with E-state index in [4.69, 9.17) is 4.74 Å². The van der Waals surface area contributed by atoms with Crippen molar-refractivity contribution < 1.29 is 14.3 Å². The van der Waals surface area contributed by atoms with Crippen molar-refractivity contribution in [3.05, 3.63) is 34.8 Å². The first-order valence-corrected chi connectivity index (χ1v) is 13.3. The molecule has 3 fully saturated rings. The van der Waals surface area contributed by atoms with Gasteiger partial charge >= 0.3 is 0 Å². The minimum Gasteiger partial charge on any atom is -0.379 e. The number of aryl methyl sites for hydroxylation is 1. The van der Waals surface area contributed by atoms with Crippen molar-refractivity contribution in [1.29, 1.82) is 0 Å². The quantitative estimate of drug-likeness (QED) is 0.619. The largest absolute Gasteiger partial charge is 0.379 e. The van der Waals surface area contributed by atoms with Gasteiger partial charge in [-0.05, 0) is 30.0 Å². The lowest BCUT2D eigenvalue weighted by Crippen LogP contribution is -2.35. The van der Waals surface area contributed by atoms with Gasteiger partial charge in [0.05, 0.1) is 19.1 Å². The maximum absolute atomic E-state index is 12.8. The van der Waals surface area contributed by atoms with Crippen LogP contribution in [-0.4, -0.2) is 59.8 Å². The number of ether oxygens (including phenoxy) is 1. The molecule has 1 aliphatic carbocycles. The third-order valence-electron chi connectivity index (χ3n) is 7.19. The van der Waals surface area contributed by atoms with E-state index in [2.05, 4.69) is 32.5 Å². The minimum atomic E-state index is -0.383. The SMILES string of the molecule is O=C(Nc1nnc(CCC2CCCC2)s1)C1CC(=O)N(c2ccc(CN3CCOCC3)cc2)C1. The van der Waals surface area contributed by atoms with Crippen LogP contribution < -0.4 is 10.2 Å². The highest BCUT2D eigenvalue weighted by atomic mass is 32.1. The van der Waals surface area contributed by atoms with Crippen LogP contribution >= 0.6 is 11.3 Å². The fourth-order valence-electron chi connectivity index (χ4n) is 5.17. The number of carbonyl (C=O) groups excluding carboxylic acids is 2. The van der Waals surface area contributed by atoms with Crippen LogP contribution in [0.25, 0.3) is 0 Å². The van der Waals surface area contributed by atoms with Crippen molar-refractivity contribution >= 4 is 34.0 Å². The van der Waals surface area contributed by atoms with E-state index < -0.39 is 0 Å². The van der Waals surface area contributed by atoms with Crippen molar-refractivity contribution in [1.82, 2.24) is 15.1 Å². The zero-order chi connectivity index (χ0) is 23.3. The molecule has 0 radical (unpaired) electrons. The Morgan fingerprint density at radius 1 is 1.12 bits per heavy atom. The molecular formula is C25H33N5O3S. The number of morpholine rings is 1. The molecule has 1 N–H and O–H groups in total. The molecule has 182 valence electrons. The molecule has 1 aromatic heterocycles. The molecule has 1 saturated carbocycles. The van der Waals surface area contributed by atoms with E-state index in [0.29, 0.717) is 11.7 Å². The summed E-state index contributed by atoms with van der Waals surface area (Å²) in [6, 6.07) is 8.10. The van der Waals surface area contributed by atoms with E-state index in [1.807, 2.05) is 12.1 Å². The summed E-state index contributed by atoms with van der Waals surface area (Å²) >= 11 is 1.45. The third kappa shape index (κ3) is 5.82. The normalized spacial score (nSPS) is 21.9. The standard InChI is InChI=1S/C25H33N5O3S/c31-23-15-20(24(32)26-25-28-27-22(34-25)10-7-18-3-1-2-4-18)17-30(23)21-8-5-19(6-9-21)16-29-11-13-33-14-12-29/h5-6,8-9,18,20H,1-4,7,10-17H2,(H,26,28,32). The fraction of sp³-hybridized carbons (Fsp3) is 0.600. The first kappa shape index (κ1) is 23.4. The monoisotopic (exact) mass is 483 g/mol. The third-order valence-corrected chi connectivity index (χ3v) is 8.09. The second kappa shape index (κ2) is 10.9. The molecule has 1 unspecified atom stereocenters. The van der Waals surface area contributed by atoms with Gasteiger partial charge in [0.25, 0.3) is 0 Å². The van der Waals surface area contributed by atoms with Crippen LogP contribution in [0.5, 0.6) is 0 Å². The predicted molar refractivity (Wildman–Crippen MR) is 132 cm³/mol. The highest BCUT2D eigenvalue weighted by Gasteiger charge is 2.35. The Kier molecular flexibility index (Phi) is 7.51. The molecule has 9 heteroatoms. The van der Waals surface area contributed by atoms with Crippen LogP contribution in [-0.2, 0) is 27.3 Å². The molecule has 5 rings (SSSR count). The summed E-state index contributed by atoms with van der Waals surface area (Å²) in [6.07, 6.45) is 7.63. The van der Waals surface area contributed by atoms with Gasteiger partial charge in [-0.1, -0.05) is 49.2 Å². The zero-order valence-electron chi connectivity index (χ0n) is 19.6. The van der Waals surface area contributed by atoms with Crippen LogP contribution in [0.15, 0.2) is 24.3 Å². The fourth-order valence-corrected chi connectivity index (χ4v) is 5.93. The average Bonchev–Trinajstić information content (AvgIpc) is 3.61. The van der Waals surface area contributed by atoms with Gasteiger partial charge in [0.2, 0.25) is 16.9 Å². The first-order chi connectivity index (χ1) is 16.6. The maximum atomic E-state index is 12.8. The van der Waals surface area contributed by atoms with Gasteiger partial charge in [-0.3, -0.25) is 14.5 Å². The van der Waals surface area contributed by atoms with E-state index >= 15 is 0 Å². The predicted octanol–water partition coefficient (Wildman–Crippen LogP) is 3.48. The lowest BCUT2D eigenvalue weighted by molar-refractivity contribution is -0.122. The van der Waals surface area contributed by atoms with Crippen LogP contribution in [0.3, 0.4) is 0 Å². The number of hydrogen-bond donors (Lipinski definition) is 1. The van der Waals surface area contributed by atoms with Gasteiger partial charge in [0, 0.05) is 44.7 Å². The second-order valence-corrected chi connectivity index (χ2v) is 10.7. The number of hydrogen-bond acceptors (Lipinski definition) is 7. The highest BCUT2D eigenvalue weighted by molar-refractivity contribution is 7.15. The van der Waals surface area contributed by atoms with Crippen LogP contribution in [0.2, 0.25) is 0 Å².